The first-order valence-corrected chi connectivity index (χ1v) is 22.8. The van der Waals surface area contributed by atoms with Crippen molar-refractivity contribution in [2.45, 2.75) is 0 Å². The van der Waals surface area contributed by atoms with E-state index >= 15 is 0 Å². The van der Waals surface area contributed by atoms with Crippen LogP contribution in [0.1, 0.15) is 0 Å². The Morgan fingerprint density at radius 1 is 0.167 bits per heavy atom. The van der Waals surface area contributed by atoms with Crippen molar-refractivity contribution in [3.8, 4) is 22.7 Å². The van der Waals surface area contributed by atoms with Crippen LogP contribution in [0.15, 0.2) is 231 Å². The SMILES string of the molecule is c1ccc(-n2c3ccccc3c3ccc4c5ccccc5n(-c5c6ccccc6c(-n6c7ccccc7c7ccc8c9ccccc9n(-c9ccccc9)c8c76)c6ccccc56)c4c32)cc1. The fourth-order valence-corrected chi connectivity index (χ4v) is 11.7. The molecule has 0 amide bonds. The second kappa shape index (κ2) is 13.3. The number of para-hydroxylation sites is 6. The molecule has 0 unspecified atom stereocenters. The van der Waals surface area contributed by atoms with Gasteiger partial charge >= 0.3 is 0 Å². The van der Waals surface area contributed by atoms with Gasteiger partial charge in [0.25, 0.3) is 0 Å². The topological polar surface area (TPSA) is 19.7 Å². The van der Waals surface area contributed by atoms with Crippen LogP contribution in [-0.4, -0.2) is 18.3 Å². The molecule has 306 valence electrons. The summed E-state index contributed by atoms with van der Waals surface area (Å²) in [6, 6.07) is 85.0. The molecule has 0 radical (unpaired) electrons. The Morgan fingerprint density at radius 2 is 0.394 bits per heavy atom. The lowest BCUT2D eigenvalue weighted by atomic mass is 9.97. The average molecular weight is 839 g/mol. The third-order valence-electron chi connectivity index (χ3n) is 14.3. The van der Waals surface area contributed by atoms with Crippen molar-refractivity contribution in [3.63, 3.8) is 0 Å². The molecule has 4 heteroatoms. The highest BCUT2D eigenvalue weighted by Gasteiger charge is 2.27. The molecular weight excluding hydrogens is 801 g/mol. The molecule has 0 spiro atoms. The maximum Gasteiger partial charge on any atom is 0.0789 e. The first-order valence-electron chi connectivity index (χ1n) is 22.8. The summed E-state index contributed by atoms with van der Waals surface area (Å²) in [4.78, 5) is 0. The molecule has 15 aromatic rings. The molecule has 0 N–H and O–H groups in total. The molecular formula is C62H38N4. The van der Waals surface area contributed by atoms with Crippen LogP contribution in [0, 0.1) is 0 Å². The van der Waals surface area contributed by atoms with Crippen LogP contribution in [0.5, 0.6) is 0 Å². The van der Waals surface area contributed by atoms with E-state index in [9.17, 15) is 0 Å². The van der Waals surface area contributed by atoms with Gasteiger partial charge in [0, 0.05) is 76.0 Å². The Balaban J connectivity index is 1.16. The third kappa shape index (κ3) is 4.61. The molecule has 4 nitrogen and oxygen atoms in total. The van der Waals surface area contributed by atoms with Crippen LogP contribution < -0.4 is 0 Å². The lowest BCUT2D eigenvalue weighted by molar-refractivity contribution is 1.15. The van der Waals surface area contributed by atoms with E-state index in [0.29, 0.717) is 0 Å². The number of fused-ring (bicyclic) bond motifs is 16. The molecule has 0 saturated carbocycles. The van der Waals surface area contributed by atoms with Crippen molar-refractivity contribution in [1.29, 1.82) is 0 Å². The molecule has 15 rings (SSSR count). The van der Waals surface area contributed by atoms with Crippen molar-refractivity contribution >= 4 is 109 Å². The molecule has 0 aliphatic rings. The van der Waals surface area contributed by atoms with E-state index in [1.807, 2.05) is 0 Å². The van der Waals surface area contributed by atoms with Gasteiger partial charge in [0.2, 0.25) is 0 Å². The highest BCUT2D eigenvalue weighted by Crippen LogP contribution is 2.48. The van der Waals surface area contributed by atoms with Crippen molar-refractivity contribution < 1.29 is 0 Å². The summed E-state index contributed by atoms with van der Waals surface area (Å²) in [6.07, 6.45) is 0. The molecule has 4 heterocycles. The largest absolute Gasteiger partial charge is 0.307 e. The Hall–Kier alpha value is -8.86. The predicted octanol–water partition coefficient (Wildman–Crippen LogP) is 16.4. The Morgan fingerprint density at radius 3 is 0.697 bits per heavy atom. The minimum absolute atomic E-state index is 1.14. The third-order valence-corrected chi connectivity index (χ3v) is 14.3. The zero-order valence-corrected chi connectivity index (χ0v) is 35.7. The quantitative estimate of drug-likeness (QED) is 0.157. The fourth-order valence-electron chi connectivity index (χ4n) is 11.7. The monoisotopic (exact) mass is 838 g/mol. The second-order valence-electron chi connectivity index (χ2n) is 17.6. The molecule has 0 aliphatic heterocycles. The number of benzene rings is 11. The highest BCUT2D eigenvalue weighted by molar-refractivity contribution is 6.28. The molecule has 66 heavy (non-hydrogen) atoms. The Kier molecular flexibility index (Phi) is 7.19. The van der Waals surface area contributed by atoms with Crippen LogP contribution in [0.3, 0.4) is 0 Å². The first-order chi connectivity index (χ1) is 32.8. The number of aromatic nitrogens is 4. The van der Waals surface area contributed by atoms with Crippen LogP contribution in [-0.2, 0) is 0 Å². The maximum atomic E-state index is 2.59. The molecule has 0 atom stereocenters. The summed E-state index contributed by atoms with van der Waals surface area (Å²) in [5, 5.41) is 14.6. The van der Waals surface area contributed by atoms with Gasteiger partial charge < -0.3 is 18.3 Å². The zero-order valence-electron chi connectivity index (χ0n) is 35.7. The lowest BCUT2D eigenvalue weighted by Gasteiger charge is -2.22. The van der Waals surface area contributed by atoms with Crippen LogP contribution in [0.25, 0.3) is 132 Å². The summed E-state index contributed by atoms with van der Waals surface area (Å²) < 4.78 is 10.2. The predicted molar refractivity (Wildman–Crippen MR) is 279 cm³/mol. The smallest absolute Gasteiger partial charge is 0.0789 e. The van der Waals surface area contributed by atoms with Gasteiger partial charge in [-0.05, 0) is 48.5 Å². The van der Waals surface area contributed by atoms with Crippen LogP contribution >= 0.6 is 0 Å². The van der Waals surface area contributed by atoms with Gasteiger partial charge in [0.05, 0.1) is 55.5 Å². The Labute approximate surface area is 378 Å². The van der Waals surface area contributed by atoms with Crippen LogP contribution in [0.2, 0.25) is 0 Å². The van der Waals surface area contributed by atoms with E-state index in [1.54, 1.807) is 0 Å². The summed E-state index contributed by atoms with van der Waals surface area (Å²) >= 11 is 0. The number of hydrogen-bond donors (Lipinski definition) is 0. The number of nitrogens with zero attached hydrogens (tertiary/aromatic N) is 4. The van der Waals surface area contributed by atoms with E-state index in [2.05, 4.69) is 249 Å². The summed E-state index contributed by atoms with van der Waals surface area (Å²) in [5.74, 6) is 0. The fraction of sp³-hybridized carbons (Fsp3) is 0. The molecule has 0 fully saturated rings. The van der Waals surface area contributed by atoms with Gasteiger partial charge in [0.15, 0.2) is 0 Å². The molecule has 11 aromatic carbocycles. The average Bonchev–Trinajstić information content (AvgIpc) is 4.11. The van der Waals surface area contributed by atoms with E-state index in [-0.39, 0.29) is 0 Å². The second-order valence-corrected chi connectivity index (χ2v) is 17.6. The first kappa shape index (κ1) is 35.6. The molecule has 0 saturated heterocycles. The summed E-state index contributed by atoms with van der Waals surface area (Å²) in [6.45, 7) is 0. The van der Waals surface area contributed by atoms with Gasteiger partial charge in [-0.2, -0.15) is 0 Å². The normalized spacial score (nSPS) is 12.2. The zero-order chi connectivity index (χ0) is 43.0. The van der Waals surface area contributed by atoms with Crippen molar-refractivity contribution in [3.05, 3.63) is 231 Å². The van der Waals surface area contributed by atoms with Crippen molar-refractivity contribution in [2.75, 3.05) is 0 Å². The van der Waals surface area contributed by atoms with Gasteiger partial charge in [-0.3, -0.25) is 0 Å². The lowest BCUT2D eigenvalue weighted by Crippen LogP contribution is -2.04. The van der Waals surface area contributed by atoms with Gasteiger partial charge in [-0.1, -0.05) is 182 Å². The minimum Gasteiger partial charge on any atom is -0.307 e. The van der Waals surface area contributed by atoms with Crippen molar-refractivity contribution in [2.24, 2.45) is 0 Å². The van der Waals surface area contributed by atoms with Crippen LogP contribution in [0.4, 0.5) is 0 Å². The van der Waals surface area contributed by atoms with Gasteiger partial charge in [0.1, 0.15) is 0 Å². The minimum atomic E-state index is 1.14. The number of rotatable bonds is 4. The Bertz CT molecular complexity index is 4160. The van der Waals surface area contributed by atoms with E-state index in [0.717, 1.165) is 11.4 Å². The summed E-state index contributed by atoms with van der Waals surface area (Å²) in [5.41, 5.74) is 14.2. The summed E-state index contributed by atoms with van der Waals surface area (Å²) in [7, 11) is 0. The highest BCUT2D eigenvalue weighted by atomic mass is 15.1. The number of hydrogen-bond acceptors (Lipinski definition) is 0. The maximum absolute atomic E-state index is 2.59. The molecule has 0 bridgehead atoms. The molecule has 0 aliphatic carbocycles. The molecule has 4 aromatic heterocycles. The van der Waals surface area contributed by atoms with E-state index < -0.39 is 0 Å². The van der Waals surface area contributed by atoms with E-state index in [1.165, 1.54) is 120 Å². The van der Waals surface area contributed by atoms with Crippen molar-refractivity contribution in [1.82, 2.24) is 18.3 Å². The van der Waals surface area contributed by atoms with Gasteiger partial charge in [-0.15, -0.1) is 0 Å². The standard InChI is InChI=1S/C62H38N4/c1-3-19-39(20-4-1)63-53-31-15-11-23-41(53)49-35-37-51-43-25-13-17-33-55(43)65(61(51)59(49)63)57-45-27-7-9-29-47(45)58(48-30-10-8-28-46(48)57)66-56-34-18-14-26-44(56)52-38-36-50-42-24-12-16-32-54(42)64(60(50)62(52)66)40-21-5-2-6-22-40/h1-38H. The van der Waals surface area contributed by atoms with Gasteiger partial charge in [-0.25, -0.2) is 0 Å². The van der Waals surface area contributed by atoms with E-state index in [4.69, 9.17) is 0 Å².